The van der Waals surface area contributed by atoms with Gasteiger partial charge in [0.25, 0.3) is 5.82 Å². The second-order valence-corrected chi connectivity index (χ2v) is 7.84. The van der Waals surface area contributed by atoms with Gasteiger partial charge in [-0.25, -0.2) is 9.13 Å². The fourth-order valence-electron chi connectivity index (χ4n) is 3.12. The van der Waals surface area contributed by atoms with Gasteiger partial charge in [-0.1, -0.05) is 18.2 Å². The second-order valence-electron chi connectivity index (χ2n) is 5.78. The lowest BCUT2D eigenvalue weighted by atomic mass is 10.2. The maximum absolute atomic E-state index is 9.77. The van der Waals surface area contributed by atoms with Crippen LogP contribution in [-0.2, 0) is 14.1 Å². The van der Waals surface area contributed by atoms with Crippen LogP contribution in [0.15, 0.2) is 53.9 Å². The Labute approximate surface area is 154 Å². The molecule has 0 aliphatic carbocycles. The summed E-state index contributed by atoms with van der Waals surface area (Å²) in [5, 5.41) is 11.9. The summed E-state index contributed by atoms with van der Waals surface area (Å²) < 4.78 is 4.16. The number of aryl methyl sites for hydroxylation is 2. The van der Waals surface area contributed by atoms with Crippen molar-refractivity contribution in [3.63, 3.8) is 0 Å². The molecule has 0 saturated carbocycles. The van der Waals surface area contributed by atoms with Crippen LogP contribution >= 0.6 is 22.7 Å². The SMILES string of the molecule is Cn1c(/C(C#N)=C/c2ccc(-c3cccs3)s2)[n+](C)c2ccccc21. The Morgan fingerprint density at radius 1 is 1.12 bits per heavy atom. The third kappa shape index (κ3) is 2.70. The highest BCUT2D eigenvalue weighted by molar-refractivity contribution is 7.21. The fourth-order valence-corrected chi connectivity index (χ4v) is 4.90. The lowest BCUT2D eigenvalue weighted by Gasteiger charge is -1.96. The first kappa shape index (κ1) is 15.8. The van der Waals surface area contributed by atoms with Gasteiger partial charge in [-0.05, 0) is 41.8 Å². The van der Waals surface area contributed by atoms with Crippen molar-refractivity contribution in [2.24, 2.45) is 14.1 Å². The Kier molecular flexibility index (Phi) is 4.00. The molecule has 0 radical (unpaired) electrons. The van der Waals surface area contributed by atoms with E-state index >= 15 is 0 Å². The van der Waals surface area contributed by atoms with E-state index in [9.17, 15) is 5.26 Å². The van der Waals surface area contributed by atoms with Gasteiger partial charge in [0.15, 0.2) is 11.0 Å². The summed E-state index contributed by atoms with van der Waals surface area (Å²) in [4.78, 5) is 3.59. The lowest BCUT2D eigenvalue weighted by Crippen LogP contribution is -2.32. The Bertz CT molecular complexity index is 1080. The predicted molar refractivity (Wildman–Crippen MR) is 105 cm³/mol. The molecule has 0 atom stereocenters. The molecule has 5 heteroatoms. The summed E-state index contributed by atoms with van der Waals surface area (Å²) in [7, 11) is 4.02. The average Bonchev–Trinajstić information content (AvgIpc) is 3.35. The molecule has 4 aromatic rings. The number of fused-ring (bicyclic) bond motifs is 1. The van der Waals surface area contributed by atoms with Crippen molar-refractivity contribution in [1.82, 2.24) is 4.57 Å². The van der Waals surface area contributed by atoms with E-state index in [4.69, 9.17) is 0 Å². The molecule has 3 aromatic heterocycles. The zero-order valence-electron chi connectivity index (χ0n) is 13.9. The number of hydrogen-bond acceptors (Lipinski definition) is 3. The molecule has 0 amide bonds. The maximum Gasteiger partial charge on any atom is 0.300 e. The smallest absolute Gasteiger partial charge is 0.225 e. The topological polar surface area (TPSA) is 32.6 Å². The van der Waals surface area contributed by atoms with E-state index in [1.54, 1.807) is 22.7 Å². The van der Waals surface area contributed by atoms with Crippen LogP contribution in [0.25, 0.3) is 32.4 Å². The van der Waals surface area contributed by atoms with Crippen molar-refractivity contribution in [3.05, 3.63) is 64.6 Å². The van der Waals surface area contributed by atoms with E-state index in [1.807, 2.05) is 32.3 Å². The first-order chi connectivity index (χ1) is 12.2. The molecular formula is C20H16N3S2+. The van der Waals surface area contributed by atoms with Crippen molar-refractivity contribution in [3.8, 4) is 15.8 Å². The number of benzene rings is 1. The summed E-state index contributed by atoms with van der Waals surface area (Å²) in [5.41, 5.74) is 2.90. The summed E-state index contributed by atoms with van der Waals surface area (Å²) in [6.45, 7) is 0. The summed E-state index contributed by atoms with van der Waals surface area (Å²) >= 11 is 3.45. The molecule has 3 heterocycles. The second kappa shape index (κ2) is 6.32. The normalized spacial score (nSPS) is 11.8. The third-order valence-electron chi connectivity index (χ3n) is 4.28. The number of nitriles is 1. The van der Waals surface area contributed by atoms with E-state index in [-0.39, 0.29) is 0 Å². The number of rotatable bonds is 3. The van der Waals surface area contributed by atoms with Crippen molar-refractivity contribution in [2.75, 3.05) is 0 Å². The van der Waals surface area contributed by atoms with Gasteiger partial charge in [0, 0.05) is 14.6 Å². The Hall–Kier alpha value is -2.68. The molecule has 122 valence electrons. The molecular weight excluding hydrogens is 346 g/mol. The quantitative estimate of drug-likeness (QED) is 0.378. The van der Waals surface area contributed by atoms with Crippen LogP contribution in [0.3, 0.4) is 0 Å². The summed E-state index contributed by atoms with van der Waals surface area (Å²) in [6.07, 6.45) is 1.98. The van der Waals surface area contributed by atoms with Crippen LogP contribution in [-0.4, -0.2) is 4.57 Å². The van der Waals surface area contributed by atoms with Gasteiger partial charge in [0.2, 0.25) is 0 Å². The van der Waals surface area contributed by atoms with Crippen molar-refractivity contribution >= 4 is 45.4 Å². The molecule has 25 heavy (non-hydrogen) atoms. The fraction of sp³-hybridized carbons (Fsp3) is 0.100. The van der Waals surface area contributed by atoms with E-state index in [2.05, 4.69) is 57.0 Å². The van der Waals surface area contributed by atoms with Crippen molar-refractivity contribution < 1.29 is 4.57 Å². The highest BCUT2D eigenvalue weighted by atomic mass is 32.1. The lowest BCUT2D eigenvalue weighted by molar-refractivity contribution is -0.648. The van der Waals surface area contributed by atoms with E-state index in [0.29, 0.717) is 5.57 Å². The average molecular weight is 363 g/mol. The Balaban J connectivity index is 1.82. The minimum Gasteiger partial charge on any atom is -0.225 e. The molecule has 4 rings (SSSR count). The molecule has 1 aromatic carbocycles. The Morgan fingerprint density at radius 3 is 2.68 bits per heavy atom. The number of nitrogens with zero attached hydrogens (tertiary/aromatic N) is 3. The Morgan fingerprint density at radius 2 is 1.96 bits per heavy atom. The van der Waals surface area contributed by atoms with Gasteiger partial charge >= 0.3 is 0 Å². The first-order valence-electron chi connectivity index (χ1n) is 7.88. The number of hydrogen-bond donors (Lipinski definition) is 0. The van der Waals surface area contributed by atoms with E-state index in [0.717, 1.165) is 21.7 Å². The molecule has 0 saturated heterocycles. The first-order valence-corrected chi connectivity index (χ1v) is 9.58. The number of thiophene rings is 2. The van der Waals surface area contributed by atoms with Crippen molar-refractivity contribution in [2.45, 2.75) is 0 Å². The monoisotopic (exact) mass is 362 g/mol. The summed E-state index contributed by atoms with van der Waals surface area (Å²) in [6, 6.07) is 19.0. The molecule has 0 N–H and O–H groups in total. The van der Waals surface area contributed by atoms with E-state index in [1.165, 1.54) is 9.75 Å². The summed E-state index contributed by atoms with van der Waals surface area (Å²) in [5.74, 6) is 0.912. The van der Waals surface area contributed by atoms with E-state index < -0.39 is 0 Å². The number of para-hydroxylation sites is 2. The molecule has 0 spiro atoms. The van der Waals surface area contributed by atoms with Gasteiger partial charge in [0.1, 0.15) is 11.6 Å². The van der Waals surface area contributed by atoms with Crippen LogP contribution in [0, 0.1) is 11.3 Å². The van der Waals surface area contributed by atoms with Crippen LogP contribution in [0.5, 0.6) is 0 Å². The van der Waals surface area contributed by atoms with Gasteiger partial charge < -0.3 is 0 Å². The number of imidazole rings is 1. The van der Waals surface area contributed by atoms with Gasteiger partial charge in [-0.2, -0.15) is 5.26 Å². The highest BCUT2D eigenvalue weighted by Crippen LogP contribution is 2.33. The third-order valence-corrected chi connectivity index (χ3v) is 6.38. The minimum atomic E-state index is 0.667. The van der Waals surface area contributed by atoms with Crippen molar-refractivity contribution in [1.29, 1.82) is 5.26 Å². The number of aromatic nitrogens is 2. The zero-order chi connectivity index (χ0) is 17.4. The van der Waals surface area contributed by atoms with Crippen LogP contribution in [0.1, 0.15) is 10.7 Å². The van der Waals surface area contributed by atoms with Crippen LogP contribution in [0.4, 0.5) is 0 Å². The molecule has 0 fully saturated rings. The molecule has 0 unspecified atom stereocenters. The molecule has 0 aliphatic heterocycles. The predicted octanol–water partition coefficient (Wildman–Crippen LogP) is 4.86. The molecule has 3 nitrogen and oxygen atoms in total. The molecule has 0 bridgehead atoms. The van der Waals surface area contributed by atoms with Crippen LogP contribution < -0.4 is 4.57 Å². The van der Waals surface area contributed by atoms with Gasteiger partial charge in [-0.3, -0.25) is 0 Å². The zero-order valence-corrected chi connectivity index (χ0v) is 15.6. The van der Waals surface area contributed by atoms with Gasteiger partial charge in [-0.15, -0.1) is 22.7 Å². The largest absolute Gasteiger partial charge is 0.300 e. The highest BCUT2D eigenvalue weighted by Gasteiger charge is 2.23. The minimum absolute atomic E-state index is 0.667. The number of allylic oxidation sites excluding steroid dienone is 1. The van der Waals surface area contributed by atoms with Gasteiger partial charge in [0.05, 0.1) is 14.1 Å². The molecule has 0 aliphatic rings. The standard InChI is InChI=1S/C20H16N3S2/c1-22-16-6-3-4-7-17(16)23(2)20(22)14(13-21)12-15-9-10-19(25-15)18-8-5-11-24-18/h3-12H,1-2H3/q+1/b14-12+. The van der Waals surface area contributed by atoms with Crippen LogP contribution in [0.2, 0.25) is 0 Å². The maximum atomic E-state index is 9.77.